The Balaban J connectivity index is 1.79. The van der Waals surface area contributed by atoms with Gasteiger partial charge in [0.05, 0.1) is 6.04 Å². The van der Waals surface area contributed by atoms with Gasteiger partial charge in [-0.3, -0.25) is 9.59 Å². The van der Waals surface area contributed by atoms with Gasteiger partial charge in [-0.1, -0.05) is 42.5 Å². The molecule has 5 nitrogen and oxygen atoms in total. The molecular weight excluding hydrogens is 374 g/mol. The number of hydrogen-bond acceptors (Lipinski definition) is 3. The lowest BCUT2D eigenvalue weighted by Crippen LogP contribution is -2.47. The lowest BCUT2D eigenvalue weighted by Gasteiger charge is -2.43. The highest BCUT2D eigenvalue weighted by molar-refractivity contribution is 6.06. The zero-order valence-corrected chi connectivity index (χ0v) is 17.4. The van der Waals surface area contributed by atoms with Gasteiger partial charge in [-0.25, -0.2) is 4.98 Å². The third-order valence-corrected chi connectivity index (χ3v) is 5.57. The number of hydrogen-bond donors (Lipinski definition) is 0. The second kappa shape index (κ2) is 8.11. The van der Waals surface area contributed by atoms with Crippen LogP contribution in [0.2, 0.25) is 0 Å². The van der Waals surface area contributed by atoms with Gasteiger partial charge < -0.3 is 9.80 Å². The van der Waals surface area contributed by atoms with E-state index < -0.39 is 0 Å². The van der Waals surface area contributed by atoms with Crippen molar-refractivity contribution in [1.29, 1.82) is 0 Å². The SMILES string of the molecule is CC(=O)N(c1ccccc1)C1CC(C)N(C(=O)c2cccc(C)n2)c2ccccc21. The van der Waals surface area contributed by atoms with Crippen molar-refractivity contribution in [2.45, 2.75) is 39.3 Å². The Morgan fingerprint density at radius 1 is 0.967 bits per heavy atom. The van der Waals surface area contributed by atoms with Gasteiger partial charge in [-0.2, -0.15) is 0 Å². The number of amides is 2. The summed E-state index contributed by atoms with van der Waals surface area (Å²) in [5.74, 6) is -0.139. The fourth-order valence-electron chi connectivity index (χ4n) is 4.29. The predicted molar refractivity (Wildman–Crippen MR) is 119 cm³/mol. The van der Waals surface area contributed by atoms with Gasteiger partial charge in [0.2, 0.25) is 5.91 Å². The summed E-state index contributed by atoms with van der Waals surface area (Å²) < 4.78 is 0. The van der Waals surface area contributed by atoms with Crippen LogP contribution in [-0.2, 0) is 4.79 Å². The molecule has 0 bridgehead atoms. The maximum absolute atomic E-state index is 13.4. The first-order chi connectivity index (χ1) is 14.5. The summed E-state index contributed by atoms with van der Waals surface area (Å²) in [6.07, 6.45) is 0.642. The van der Waals surface area contributed by atoms with E-state index >= 15 is 0 Å². The van der Waals surface area contributed by atoms with E-state index in [0.717, 1.165) is 22.6 Å². The lowest BCUT2D eigenvalue weighted by molar-refractivity contribution is -0.117. The van der Waals surface area contributed by atoms with Crippen LogP contribution in [-0.4, -0.2) is 22.8 Å². The zero-order valence-electron chi connectivity index (χ0n) is 17.4. The van der Waals surface area contributed by atoms with Crippen LogP contribution >= 0.6 is 0 Å². The van der Waals surface area contributed by atoms with Gasteiger partial charge in [-0.05, 0) is 56.2 Å². The van der Waals surface area contributed by atoms with E-state index in [-0.39, 0.29) is 23.9 Å². The minimum atomic E-state index is -0.148. The number of rotatable bonds is 3. The van der Waals surface area contributed by atoms with E-state index in [2.05, 4.69) is 4.98 Å². The van der Waals surface area contributed by atoms with Gasteiger partial charge in [0, 0.05) is 30.0 Å². The van der Waals surface area contributed by atoms with Crippen molar-refractivity contribution in [3.63, 3.8) is 0 Å². The fraction of sp³-hybridized carbons (Fsp3) is 0.240. The molecule has 0 saturated heterocycles. The maximum atomic E-state index is 13.4. The second-order valence-corrected chi connectivity index (χ2v) is 7.72. The molecule has 1 aliphatic heterocycles. The maximum Gasteiger partial charge on any atom is 0.277 e. The summed E-state index contributed by atoms with van der Waals surface area (Å²) in [6.45, 7) is 5.50. The molecule has 2 unspecified atom stereocenters. The number of anilines is 2. The summed E-state index contributed by atoms with van der Waals surface area (Å²) >= 11 is 0. The molecule has 1 aliphatic rings. The van der Waals surface area contributed by atoms with Gasteiger partial charge in [0.25, 0.3) is 5.91 Å². The van der Waals surface area contributed by atoms with E-state index in [1.165, 1.54) is 0 Å². The Morgan fingerprint density at radius 3 is 2.37 bits per heavy atom. The molecular formula is C25H25N3O2. The van der Waals surface area contributed by atoms with E-state index in [9.17, 15) is 9.59 Å². The topological polar surface area (TPSA) is 53.5 Å². The molecule has 0 aliphatic carbocycles. The average molecular weight is 399 g/mol. The molecule has 152 valence electrons. The summed E-state index contributed by atoms with van der Waals surface area (Å²) in [7, 11) is 0. The highest BCUT2D eigenvalue weighted by atomic mass is 16.2. The van der Waals surface area contributed by atoms with Crippen LogP contribution in [0.25, 0.3) is 0 Å². The average Bonchev–Trinajstić information content (AvgIpc) is 2.74. The Kier molecular flexibility index (Phi) is 5.36. The minimum absolute atomic E-state index is 0.0201. The number of nitrogens with zero attached hydrogens (tertiary/aromatic N) is 3. The molecule has 0 radical (unpaired) electrons. The molecule has 3 aromatic rings. The van der Waals surface area contributed by atoms with Crippen LogP contribution in [0.4, 0.5) is 11.4 Å². The Labute approximate surface area is 177 Å². The van der Waals surface area contributed by atoms with Crippen molar-refractivity contribution < 1.29 is 9.59 Å². The van der Waals surface area contributed by atoms with Gasteiger partial charge in [0.15, 0.2) is 0 Å². The number of carbonyl (C=O) groups is 2. The van der Waals surface area contributed by atoms with Crippen LogP contribution in [0.3, 0.4) is 0 Å². The van der Waals surface area contributed by atoms with Crippen molar-refractivity contribution in [1.82, 2.24) is 4.98 Å². The van der Waals surface area contributed by atoms with Crippen molar-refractivity contribution in [2.75, 3.05) is 9.80 Å². The number of aromatic nitrogens is 1. The molecule has 1 aromatic heterocycles. The van der Waals surface area contributed by atoms with Crippen LogP contribution in [0.15, 0.2) is 72.8 Å². The highest BCUT2D eigenvalue weighted by Crippen LogP contribution is 2.42. The first-order valence-corrected chi connectivity index (χ1v) is 10.2. The highest BCUT2D eigenvalue weighted by Gasteiger charge is 2.38. The molecule has 0 saturated carbocycles. The molecule has 2 amide bonds. The number of benzene rings is 2. The van der Waals surface area contributed by atoms with Crippen LogP contribution in [0, 0.1) is 6.92 Å². The second-order valence-electron chi connectivity index (χ2n) is 7.72. The third kappa shape index (κ3) is 3.59. The first kappa shape index (κ1) is 19.8. The van der Waals surface area contributed by atoms with E-state index in [1.54, 1.807) is 13.0 Å². The summed E-state index contributed by atoms with van der Waals surface area (Å²) in [5.41, 5.74) is 3.90. The van der Waals surface area contributed by atoms with Crippen LogP contribution < -0.4 is 9.80 Å². The Bertz CT molecular complexity index is 1080. The molecule has 2 heterocycles. The predicted octanol–water partition coefficient (Wildman–Crippen LogP) is 4.92. The van der Waals surface area contributed by atoms with Crippen molar-refractivity contribution in [3.05, 3.63) is 89.7 Å². The summed E-state index contributed by atoms with van der Waals surface area (Å²) in [5, 5.41) is 0. The number of aryl methyl sites for hydroxylation is 1. The molecule has 2 aromatic carbocycles. The van der Waals surface area contributed by atoms with Crippen molar-refractivity contribution in [3.8, 4) is 0 Å². The number of para-hydroxylation sites is 2. The van der Waals surface area contributed by atoms with Crippen LogP contribution in [0.5, 0.6) is 0 Å². The van der Waals surface area contributed by atoms with Gasteiger partial charge in [0.1, 0.15) is 5.69 Å². The van der Waals surface area contributed by atoms with E-state index in [0.29, 0.717) is 12.1 Å². The smallest absolute Gasteiger partial charge is 0.277 e. The summed E-state index contributed by atoms with van der Waals surface area (Å²) in [4.78, 5) is 34.1. The summed E-state index contributed by atoms with van der Waals surface area (Å²) in [6, 6.07) is 22.8. The Hall–Kier alpha value is -3.47. The monoisotopic (exact) mass is 399 g/mol. The molecule has 0 fully saturated rings. The fourth-order valence-corrected chi connectivity index (χ4v) is 4.29. The molecule has 2 atom stereocenters. The number of pyridine rings is 1. The molecule has 0 N–H and O–H groups in total. The van der Waals surface area contributed by atoms with Crippen LogP contribution in [0.1, 0.15) is 48.1 Å². The normalized spacial score (nSPS) is 17.9. The van der Waals surface area contributed by atoms with E-state index in [1.807, 2.05) is 90.4 Å². The molecule has 0 spiro atoms. The van der Waals surface area contributed by atoms with Crippen molar-refractivity contribution in [2.24, 2.45) is 0 Å². The molecule has 5 heteroatoms. The minimum Gasteiger partial charge on any atom is -0.305 e. The molecule has 4 rings (SSSR count). The molecule has 30 heavy (non-hydrogen) atoms. The third-order valence-electron chi connectivity index (χ3n) is 5.57. The van der Waals surface area contributed by atoms with E-state index in [4.69, 9.17) is 0 Å². The Morgan fingerprint density at radius 2 is 1.67 bits per heavy atom. The number of carbonyl (C=O) groups excluding carboxylic acids is 2. The number of fused-ring (bicyclic) bond motifs is 1. The van der Waals surface area contributed by atoms with Gasteiger partial charge in [-0.15, -0.1) is 0 Å². The first-order valence-electron chi connectivity index (χ1n) is 10.2. The zero-order chi connectivity index (χ0) is 21.3. The lowest BCUT2D eigenvalue weighted by atomic mass is 9.89. The largest absolute Gasteiger partial charge is 0.305 e. The van der Waals surface area contributed by atoms with Crippen molar-refractivity contribution >= 4 is 23.2 Å². The quantitative estimate of drug-likeness (QED) is 0.628. The standard InChI is InChI=1S/C25H25N3O2/c1-17-10-9-14-22(26-17)25(30)27-18(2)16-24(21-13-7-8-15-23(21)27)28(19(3)29)20-11-5-4-6-12-20/h4-15,18,24H,16H2,1-3H3. The van der Waals surface area contributed by atoms with Gasteiger partial charge >= 0.3 is 0 Å².